The van der Waals surface area contributed by atoms with Gasteiger partial charge in [-0.1, -0.05) is 84.9 Å². The Kier molecular flexibility index (Phi) is 3.53. The Morgan fingerprint density at radius 2 is 1.13 bits per heavy atom. The molecule has 0 aromatic heterocycles. The van der Waals surface area contributed by atoms with E-state index in [1.807, 2.05) is 42.5 Å². The van der Waals surface area contributed by atoms with Crippen molar-refractivity contribution in [2.45, 2.75) is 0 Å². The smallest absolute Gasteiger partial charge is 0.142 e. The summed E-state index contributed by atoms with van der Waals surface area (Å²) in [7, 11) is 0. The molecule has 1 aliphatic heterocycles. The Morgan fingerprint density at radius 3 is 1.87 bits per heavy atom. The van der Waals surface area contributed by atoms with Crippen molar-refractivity contribution in [1.29, 1.82) is 0 Å². The molecule has 4 rings (SSSR count). The summed E-state index contributed by atoms with van der Waals surface area (Å²) in [5.74, 6) is 1.77. The number of hydrogen-bond donors (Lipinski definition) is 0. The Hall–Kier alpha value is -3.06. The van der Waals surface area contributed by atoms with Gasteiger partial charge >= 0.3 is 0 Å². The average molecular weight is 296 g/mol. The minimum absolute atomic E-state index is 0.883. The molecule has 0 saturated heterocycles. The van der Waals surface area contributed by atoms with Crippen LogP contribution in [0.15, 0.2) is 91.0 Å². The van der Waals surface area contributed by atoms with Gasteiger partial charge in [-0.25, -0.2) is 0 Å². The Balaban J connectivity index is 1.94. The van der Waals surface area contributed by atoms with Gasteiger partial charge in [-0.2, -0.15) is 0 Å². The minimum atomic E-state index is 0.883. The molecular formula is C22H16O. The lowest BCUT2D eigenvalue weighted by Gasteiger charge is -2.14. The zero-order valence-electron chi connectivity index (χ0n) is 12.6. The Morgan fingerprint density at radius 1 is 0.522 bits per heavy atom. The fourth-order valence-electron chi connectivity index (χ4n) is 2.77. The van der Waals surface area contributed by atoms with Crippen molar-refractivity contribution in [2.24, 2.45) is 0 Å². The second kappa shape index (κ2) is 5.98. The maximum absolute atomic E-state index is 6.33. The number of ether oxygens (including phenoxy) is 1. The highest BCUT2D eigenvalue weighted by Gasteiger charge is 2.16. The van der Waals surface area contributed by atoms with E-state index in [4.69, 9.17) is 4.74 Å². The third kappa shape index (κ3) is 2.69. The molecule has 0 N–H and O–H groups in total. The number of fused-ring (bicyclic) bond motifs is 1. The van der Waals surface area contributed by atoms with E-state index < -0.39 is 0 Å². The van der Waals surface area contributed by atoms with Crippen molar-refractivity contribution in [3.05, 3.63) is 108 Å². The number of hydrogen-bond acceptors (Lipinski definition) is 1. The second-order valence-corrected chi connectivity index (χ2v) is 5.45. The number of rotatable bonds is 2. The molecule has 110 valence electrons. The highest BCUT2D eigenvalue weighted by Crippen LogP contribution is 2.35. The first-order chi connectivity index (χ1) is 11.4. The van der Waals surface area contributed by atoms with Crippen LogP contribution in [0.25, 0.3) is 17.4 Å². The first kappa shape index (κ1) is 13.6. The van der Waals surface area contributed by atoms with Gasteiger partial charge in [0, 0.05) is 16.7 Å². The third-order valence-electron chi connectivity index (χ3n) is 3.93. The topological polar surface area (TPSA) is 9.23 Å². The van der Waals surface area contributed by atoms with Crippen LogP contribution in [0.3, 0.4) is 0 Å². The summed E-state index contributed by atoms with van der Waals surface area (Å²) >= 11 is 0. The summed E-state index contributed by atoms with van der Waals surface area (Å²) in [6.45, 7) is 0. The van der Waals surface area contributed by atoms with E-state index in [1.54, 1.807) is 0 Å². The van der Waals surface area contributed by atoms with Crippen LogP contribution in [-0.4, -0.2) is 0 Å². The quantitative estimate of drug-likeness (QED) is 0.593. The van der Waals surface area contributed by atoms with E-state index >= 15 is 0 Å². The zero-order chi connectivity index (χ0) is 15.5. The van der Waals surface area contributed by atoms with Crippen LogP contribution in [-0.2, 0) is 0 Å². The maximum atomic E-state index is 6.33. The number of para-hydroxylation sites is 1. The SMILES string of the molecule is C1=Cc2ccccc2OC(c2ccccc2)=C1c1ccccc1. The van der Waals surface area contributed by atoms with Crippen LogP contribution in [0.1, 0.15) is 16.7 Å². The number of allylic oxidation sites excluding steroid dienone is 2. The van der Waals surface area contributed by atoms with Crippen LogP contribution in [0.5, 0.6) is 5.75 Å². The zero-order valence-corrected chi connectivity index (χ0v) is 12.6. The second-order valence-electron chi connectivity index (χ2n) is 5.45. The summed E-state index contributed by atoms with van der Waals surface area (Å²) < 4.78 is 6.33. The highest BCUT2D eigenvalue weighted by molar-refractivity contribution is 5.97. The predicted octanol–water partition coefficient (Wildman–Crippen LogP) is 5.66. The van der Waals surface area contributed by atoms with E-state index in [-0.39, 0.29) is 0 Å². The van der Waals surface area contributed by atoms with E-state index in [0.717, 1.165) is 33.8 Å². The molecule has 0 bridgehead atoms. The fraction of sp³-hybridized carbons (Fsp3) is 0. The van der Waals surface area contributed by atoms with E-state index in [0.29, 0.717) is 0 Å². The van der Waals surface area contributed by atoms with Gasteiger partial charge < -0.3 is 4.74 Å². The van der Waals surface area contributed by atoms with Crippen molar-refractivity contribution >= 4 is 17.4 Å². The molecule has 1 heteroatoms. The Labute approximate surface area is 136 Å². The molecule has 0 saturated carbocycles. The standard InChI is InChI=1S/C22H16O/c1-3-9-17(10-4-1)20-16-15-18-11-7-8-14-21(18)23-22(20)19-12-5-2-6-13-19/h1-16H. The van der Waals surface area contributed by atoms with Gasteiger partial charge in [-0.15, -0.1) is 0 Å². The van der Waals surface area contributed by atoms with Crippen LogP contribution < -0.4 is 4.74 Å². The molecule has 3 aromatic carbocycles. The van der Waals surface area contributed by atoms with Crippen molar-refractivity contribution < 1.29 is 4.74 Å². The maximum Gasteiger partial charge on any atom is 0.142 e. The van der Waals surface area contributed by atoms with Gasteiger partial charge in [0.1, 0.15) is 11.5 Å². The molecule has 0 unspecified atom stereocenters. The summed E-state index contributed by atoms with van der Waals surface area (Å²) in [5.41, 5.74) is 4.41. The lowest BCUT2D eigenvalue weighted by Crippen LogP contribution is -1.98. The summed E-state index contributed by atoms with van der Waals surface area (Å²) in [6, 6.07) is 28.7. The molecule has 23 heavy (non-hydrogen) atoms. The van der Waals surface area contributed by atoms with Gasteiger partial charge in [0.2, 0.25) is 0 Å². The van der Waals surface area contributed by atoms with Crippen LogP contribution in [0.4, 0.5) is 0 Å². The molecule has 0 fully saturated rings. The highest BCUT2D eigenvalue weighted by atomic mass is 16.5. The molecule has 1 heterocycles. The van der Waals surface area contributed by atoms with Crippen molar-refractivity contribution in [3.63, 3.8) is 0 Å². The largest absolute Gasteiger partial charge is 0.455 e. The molecule has 3 aromatic rings. The van der Waals surface area contributed by atoms with Gasteiger partial charge in [-0.05, 0) is 17.7 Å². The van der Waals surface area contributed by atoms with Crippen LogP contribution >= 0.6 is 0 Å². The molecule has 1 nitrogen and oxygen atoms in total. The molecule has 1 aliphatic rings. The monoisotopic (exact) mass is 296 g/mol. The lowest BCUT2D eigenvalue weighted by atomic mass is 10.0. The summed E-state index contributed by atoms with van der Waals surface area (Å²) in [5, 5.41) is 0. The molecule has 0 spiro atoms. The van der Waals surface area contributed by atoms with Crippen molar-refractivity contribution in [1.82, 2.24) is 0 Å². The van der Waals surface area contributed by atoms with Gasteiger partial charge in [-0.3, -0.25) is 0 Å². The summed E-state index contributed by atoms with van der Waals surface area (Å²) in [4.78, 5) is 0. The van der Waals surface area contributed by atoms with Crippen LogP contribution in [0.2, 0.25) is 0 Å². The first-order valence-electron chi connectivity index (χ1n) is 7.72. The molecule has 0 atom stereocenters. The fourth-order valence-corrected chi connectivity index (χ4v) is 2.77. The minimum Gasteiger partial charge on any atom is -0.455 e. The average Bonchev–Trinajstić information content (AvgIpc) is 2.83. The predicted molar refractivity (Wildman–Crippen MR) is 95.8 cm³/mol. The molecule has 0 amide bonds. The molecule has 0 radical (unpaired) electrons. The number of benzene rings is 3. The van der Waals surface area contributed by atoms with Crippen molar-refractivity contribution in [3.8, 4) is 5.75 Å². The van der Waals surface area contributed by atoms with E-state index in [2.05, 4.69) is 54.6 Å². The van der Waals surface area contributed by atoms with Gasteiger partial charge in [0.15, 0.2) is 0 Å². The normalized spacial score (nSPS) is 13.2. The Bertz CT molecular complexity index is 874. The van der Waals surface area contributed by atoms with E-state index in [9.17, 15) is 0 Å². The van der Waals surface area contributed by atoms with Gasteiger partial charge in [0.25, 0.3) is 0 Å². The lowest BCUT2D eigenvalue weighted by molar-refractivity contribution is 0.516. The van der Waals surface area contributed by atoms with Gasteiger partial charge in [0.05, 0.1) is 0 Å². The van der Waals surface area contributed by atoms with E-state index in [1.165, 1.54) is 0 Å². The molecule has 0 aliphatic carbocycles. The third-order valence-corrected chi connectivity index (χ3v) is 3.93. The van der Waals surface area contributed by atoms with Crippen LogP contribution in [0, 0.1) is 0 Å². The first-order valence-corrected chi connectivity index (χ1v) is 7.72. The van der Waals surface area contributed by atoms with Crippen molar-refractivity contribution in [2.75, 3.05) is 0 Å². The molecular weight excluding hydrogens is 280 g/mol. The summed E-state index contributed by atoms with van der Waals surface area (Å²) in [6.07, 6.45) is 4.26.